The molecule has 0 aliphatic carbocycles. The van der Waals surface area contributed by atoms with E-state index in [2.05, 4.69) is 4.98 Å². The minimum atomic E-state index is -4.12. The van der Waals surface area contributed by atoms with E-state index < -0.39 is 13.9 Å². The van der Waals surface area contributed by atoms with Crippen LogP contribution in [0, 0.1) is 0 Å². The summed E-state index contributed by atoms with van der Waals surface area (Å²) in [7, 11) is -4.12. The van der Waals surface area contributed by atoms with Gasteiger partial charge in [-0.1, -0.05) is 0 Å². The molecule has 2 aromatic rings. The smallest absolute Gasteiger partial charge is 0.350 e. The molecule has 98 valence electrons. The van der Waals surface area contributed by atoms with E-state index in [0.717, 1.165) is 5.39 Å². The first-order valence-corrected chi connectivity index (χ1v) is 7.00. The third-order valence-corrected chi connectivity index (χ3v) is 2.86. The van der Waals surface area contributed by atoms with Crippen LogP contribution in [0.25, 0.3) is 11.0 Å². The Morgan fingerprint density at radius 1 is 1.50 bits per heavy atom. The Kier molecular flexibility index (Phi) is 3.68. The Hall–Kier alpha value is -1.40. The first-order valence-electron chi connectivity index (χ1n) is 5.20. The van der Waals surface area contributed by atoms with E-state index in [1.54, 1.807) is 6.07 Å². The largest absolute Gasteiger partial charge is 0.462 e. The zero-order valence-electron chi connectivity index (χ0n) is 9.44. The third-order valence-electron chi connectivity index (χ3n) is 2.34. The Bertz CT molecular complexity index is 591. The normalized spacial score (nSPS) is 12.1. The fourth-order valence-electron chi connectivity index (χ4n) is 1.57. The molecule has 0 aliphatic heterocycles. The minimum absolute atomic E-state index is 0.151. The second kappa shape index (κ2) is 5.07. The summed E-state index contributed by atoms with van der Waals surface area (Å²) < 4.78 is 20.7. The van der Waals surface area contributed by atoms with Gasteiger partial charge in [-0.15, -0.1) is 0 Å². The number of anilines is 1. The predicted octanol–water partition coefficient (Wildman–Crippen LogP) is 1.10. The summed E-state index contributed by atoms with van der Waals surface area (Å²) in [5.41, 5.74) is 7.48. The van der Waals surface area contributed by atoms with Gasteiger partial charge in [-0.25, -0.2) is 0 Å². The molecule has 0 saturated heterocycles. The molecule has 0 fully saturated rings. The van der Waals surface area contributed by atoms with Gasteiger partial charge in [-0.05, 0) is 6.07 Å². The SMILES string of the molecule is Nc1cnc(CCOCP(=O)(O)O)c2occc12. The highest BCUT2D eigenvalue weighted by atomic mass is 31.2. The molecule has 0 radical (unpaired) electrons. The Balaban J connectivity index is 2.02. The molecule has 0 unspecified atom stereocenters. The fraction of sp³-hybridized carbons (Fsp3) is 0.300. The van der Waals surface area contributed by atoms with E-state index in [4.69, 9.17) is 24.7 Å². The lowest BCUT2D eigenvalue weighted by molar-refractivity contribution is 0.159. The molecule has 0 amide bonds. The maximum absolute atomic E-state index is 10.6. The van der Waals surface area contributed by atoms with Crippen molar-refractivity contribution in [2.45, 2.75) is 6.42 Å². The van der Waals surface area contributed by atoms with Crippen LogP contribution in [0.1, 0.15) is 5.69 Å². The quantitative estimate of drug-likeness (QED) is 0.550. The zero-order chi connectivity index (χ0) is 13.2. The zero-order valence-corrected chi connectivity index (χ0v) is 10.3. The minimum Gasteiger partial charge on any atom is -0.462 e. The van der Waals surface area contributed by atoms with Crippen molar-refractivity contribution in [3.8, 4) is 0 Å². The van der Waals surface area contributed by atoms with Crippen molar-refractivity contribution in [1.29, 1.82) is 0 Å². The summed E-state index contributed by atoms with van der Waals surface area (Å²) >= 11 is 0. The summed E-state index contributed by atoms with van der Waals surface area (Å²) in [6.45, 7) is 0.151. The average Bonchev–Trinajstić information content (AvgIpc) is 2.75. The van der Waals surface area contributed by atoms with Crippen LogP contribution in [0.4, 0.5) is 5.69 Å². The summed E-state index contributed by atoms with van der Waals surface area (Å²) in [5, 5.41) is 0.773. The summed E-state index contributed by atoms with van der Waals surface area (Å²) in [4.78, 5) is 21.4. The molecule has 0 atom stereocenters. The highest BCUT2D eigenvalue weighted by Crippen LogP contribution is 2.33. The van der Waals surface area contributed by atoms with Gasteiger partial charge in [-0.3, -0.25) is 9.55 Å². The van der Waals surface area contributed by atoms with Crippen LogP contribution in [-0.4, -0.2) is 27.7 Å². The van der Waals surface area contributed by atoms with E-state index in [0.29, 0.717) is 23.4 Å². The molecular weight excluding hydrogens is 259 g/mol. The molecule has 8 heteroatoms. The number of nitrogens with zero attached hydrogens (tertiary/aromatic N) is 1. The molecule has 0 spiro atoms. The number of nitrogen functional groups attached to an aromatic ring is 1. The number of fused-ring (bicyclic) bond motifs is 1. The van der Waals surface area contributed by atoms with Crippen molar-refractivity contribution in [1.82, 2.24) is 4.98 Å². The molecule has 0 saturated carbocycles. The van der Waals surface area contributed by atoms with Gasteiger partial charge in [0.05, 0.1) is 30.4 Å². The van der Waals surface area contributed by atoms with E-state index in [9.17, 15) is 4.57 Å². The number of ether oxygens (including phenoxy) is 1. The van der Waals surface area contributed by atoms with Crippen molar-refractivity contribution < 1.29 is 23.5 Å². The van der Waals surface area contributed by atoms with Gasteiger partial charge in [0, 0.05) is 11.8 Å². The second-order valence-electron chi connectivity index (χ2n) is 3.78. The summed E-state index contributed by atoms with van der Waals surface area (Å²) in [6, 6.07) is 1.74. The molecule has 4 N–H and O–H groups in total. The van der Waals surface area contributed by atoms with Gasteiger partial charge in [0.15, 0.2) is 5.58 Å². The van der Waals surface area contributed by atoms with Gasteiger partial charge in [-0.2, -0.15) is 0 Å². The van der Waals surface area contributed by atoms with E-state index >= 15 is 0 Å². The maximum atomic E-state index is 10.6. The number of aromatic nitrogens is 1. The van der Waals surface area contributed by atoms with E-state index in [1.807, 2.05) is 0 Å². The van der Waals surface area contributed by atoms with Crippen LogP contribution in [0.2, 0.25) is 0 Å². The molecule has 0 aliphatic rings. The topological polar surface area (TPSA) is 119 Å². The lowest BCUT2D eigenvalue weighted by Crippen LogP contribution is -2.03. The van der Waals surface area contributed by atoms with Crippen LogP contribution in [0.3, 0.4) is 0 Å². The van der Waals surface area contributed by atoms with Crippen molar-refractivity contribution in [3.05, 3.63) is 24.2 Å². The molecule has 0 bridgehead atoms. The Morgan fingerprint density at radius 2 is 2.28 bits per heavy atom. The van der Waals surface area contributed by atoms with Gasteiger partial charge < -0.3 is 24.7 Å². The first kappa shape index (κ1) is 13.0. The van der Waals surface area contributed by atoms with Crippen LogP contribution >= 0.6 is 7.60 Å². The first-order chi connectivity index (χ1) is 8.47. The number of furan rings is 1. The summed E-state index contributed by atoms with van der Waals surface area (Å²) in [5.74, 6) is 0. The van der Waals surface area contributed by atoms with Gasteiger partial charge in [0.2, 0.25) is 0 Å². The highest BCUT2D eigenvalue weighted by molar-refractivity contribution is 7.51. The third kappa shape index (κ3) is 3.08. The Morgan fingerprint density at radius 3 is 3.00 bits per heavy atom. The standard InChI is InChI=1S/C10H13N2O5P/c11-8-5-12-9(10-7(8)1-4-17-10)2-3-16-6-18(13,14)15/h1,4-5H,2-3,6,11H2,(H2,13,14,15). The lowest BCUT2D eigenvalue weighted by atomic mass is 10.2. The van der Waals surface area contributed by atoms with E-state index in [1.165, 1.54) is 12.5 Å². The van der Waals surface area contributed by atoms with Gasteiger partial charge in [0.1, 0.15) is 6.35 Å². The molecular formula is C10H13N2O5P. The number of rotatable bonds is 5. The fourth-order valence-corrected chi connectivity index (χ4v) is 1.93. The monoisotopic (exact) mass is 272 g/mol. The lowest BCUT2D eigenvalue weighted by Gasteiger charge is -2.06. The van der Waals surface area contributed by atoms with Crippen molar-refractivity contribution in [2.75, 3.05) is 18.7 Å². The molecule has 18 heavy (non-hydrogen) atoms. The highest BCUT2D eigenvalue weighted by Gasteiger charge is 2.13. The number of hydrogen-bond donors (Lipinski definition) is 3. The molecule has 2 rings (SSSR count). The average molecular weight is 272 g/mol. The number of pyridine rings is 1. The van der Waals surface area contributed by atoms with Crippen molar-refractivity contribution in [2.24, 2.45) is 0 Å². The van der Waals surface area contributed by atoms with Crippen LogP contribution in [-0.2, 0) is 15.7 Å². The van der Waals surface area contributed by atoms with Crippen LogP contribution in [0.15, 0.2) is 22.9 Å². The van der Waals surface area contributed by atoms with Crippen LogP contribution < -0.4 is 5.73 Å². The predicted molar refractivity (Wildman–Crippen MR) is 65.0 cm³/mol. The van der Waals surface area contributed by atoms with Gasteiger partial charge >= 0.3 is 7.60 Å². The van der Waals surface area contributed by atoms with Crippen molar-refractivity contribution >= 4 is 24.3 Å². The number of hydrogen-bond acceptors (Lipinski definition) is 5. The number of nitrogens with two attached hydrogens (primary N) is 1. The second-order valence-corrected chi connectivity index (χ2v) is 5.36. The molecule has 2 aromatic heterocycles. The maximum Gasteiger partial charge on any atom is 0.350 e. The summed E-state index contributed by atoms with van der Waals surface area (Å²) in [6.07, 6.45) is 2.84. The van der Waals surface area contributed by atoms with Gasteiger partial charge in [0.25, 0.3) is 0 Å². The molecule has 2 heterocycles. The van der Waals surface area contributed by atoms with E-state index in [-0.39, 0.29) is 6.61 Å². The molecule has 0 aromatic carbocycles. The molecule has 7 nitrogen and oxygen atoms in total. The Labute approximate surface area is 103 Å². The van der Waals surface area contributed by atoms with Crippen LogP contribution in [0.5, 0.6) is 0 Å². The van der Waals surface area contributed by atoms with Crippen molar-refractivity contribution in [3.63, 3.8) is 0 Å².